The van der Waals surface area contributed by atoms with E-state index < -0.39 is 0 Å². The van der Waals surface area contributed by atoms with Crippen LogP contribution in [0.2, 0.25) is 0 Å². The highest BCUT2D eigenvalue weighted by atomic mass is 32.2. The Labute approximate surface area is 129 Å². The molecule has 0 saturated carbocycles. The summed E-state index contributed by atoms with van der Waals surface area (Å²) in [7, 11) is 0. The van der Waals surface area contributed by atoms with Crippen LogP contribution in [0.3, 0.4) is 0 Å². The number of fused-ring (bicyclic) bond motifs is 2. The van der Waals surface area contributed by atoms with Crippen molar-refractivity contribution in [3.63, 3.8) is 0 Å². The van der Waals surface area contributed by atoms with Gasteiger partial charge in [0.05, 0.1) is 12.5 Å². The summed E-state index contributed by atoms with van der Waals surface area (Å²) in [6.45, 7) is 4.02. The molecule has 1 N–H and O–H groups in total. The monoisotopic (exact) mass is 294 g/mol. The first kappa shape index (κ1) is 13.0. The molecule has 0 aliphatic carbocycles. The van der Waals surface area contributed by atoms with Gasteiger partial charge in [-0.05, 0) is 29.7 Å². The third kappa shape index (κ3) is 2.26. The minimum absolute atomic E-state index is 0.258. The Balaban J connectivity index is 1.95. The number of benzene rings is 2. The molecule has 0 amide bonds. The van der Waals surface area contributed by atoms with Gasteiger partial charge in [-0.2, -0.15) is 0 Å². The van der Waals surface area contributed by atoms with Gasteiger partial charge in [0.1, 0.15) is 5.84 Å². The van der Waals surface area contributed by atoms with Gasteiger partial charge in [-0.25, -0.2) is 0 Å². The highest BCUT2D eigenvalue weighted by Crippen LogP contribution is 2.41. The van der Waals surface area contributed by atoms with Crippen molar-refractivity contribution in [2.45, 2.75) is 23.5 Å². The lowest BCUT2D eigenvalue weighted by Crippen LogP contribution is -2.27. The van der Waals surface area contributed by atoms with Crippen molar-refractivity contribution in [2.24, 2.45) is 4.99 Å². The van der Waals surface area contributed by atoms with Crippen LogP contribution in [0.25, 0.3) is 0 Å². The maximum Gasteiger partial charge on any atom is 0.109 e. The number of hydrogen-bond acceptors (Lipinski definition) is 3. The van der Waals surface area contributed by atoms with Crippen LogP contribution >= 0.6 is 11.8 Å². The van der Waals surface area contributed by atoms with E-state index in [4.69, 9.17) is 4.99 Å². The first-order valence-corrected chi connectivity index (χ1v) is 8.41. The second-order valence-corrected chi connectivity index (χ2v) is 6.67. The van der Waals surface area contributed by atoms with E-state index >= 15 is 0 Å². The van der Waals surface area contributed by atoms with Gasteiger partial charge < -0.3 is 5.32 Å². The second-order valence-electron chi connectivity index (χ2n) is 5.66. The molecule has 2 aromatic rings. The van der Waals surface area contributed by atoms with E-state index in [1.807, 2.05) is 11.8 Å². The van der Waals surface area contributed by atoms with Crippen molar-refractivity contribution in [2.75, 3.05) is 13.1 Å². The van der Waals surface area contributed by atoms with E-state index in [2.05, 4.69) is 54.7 Å². The average Bonchev–Trinajstić information content (AvgIpc) is 2.97. The highest BCUT2D eigenvalue weighted by Gasteiger charge is 2.29. The first-order valence-electron chi connectivity index (χ1n) is 7.42. The van der Waals surface area contributed by atoms with Crippen LogP contribution in [0.1, 0.15) is 28.2 Å². The van der Waals surface area contributed by atoms with Gasteiger partial charge in [-0.1, -0.05) is 42.0 Å². The lowest BCUT2D eigenvalue weighted by Gasteiger charge is -2.21. The average molecular weight is 294 g/mol. The maximum atomic E-state index is 4.72. The molecule has 4 rings (SSSR count). The number of nitrogens with zero attached hydrogens (tertiary/aromatic N) is 1. The van der Waals surface area contributed by atoms with Gasteiger partial charge >= 0.3 is 0 Å². The molecular formula is C18H18N2S. The van der Waals surface area contributed by atoms with Crippen LogP contribution in [0, 0.1) is 6.92 Å². The summed E-state index contributed by atoms with van der Waals surface area (Å²) in [6, 6.07) is 15.6. The molecule has 0 spiro atoms. The highest BCUT2D eigenvalue weighted by molar-refractivity contribution is 7.98. The molecule has 0 fully saturated rings. The van der Waals surface area contributed by atoms with Crippen molar-refractivity contribution < 1.29 is 0 Å². The Morgan fingerprint density at radius 3 is 2.90 bits per heavy atom. The standard InChI is InChI=1S/C18H18N2S/c1-12-6-7-16-15(10-12)17(18-19-8-9-20-18)14-5-3-2-4-13(14)11-21-16/h2-7,10,17H,8-9,11H2,1H3,(H,19,20). The molecule has 106 valence electrons. The van der Waals surface area contributed by atoms with Crippen LogP contribution in [-0.4, -0.2) is 18.9 Å². The Kier molecular flexibility index (Phi) is 3.23. The van der Waals surface area contributed by atoms with Gasteiger partial charge in [-0.3, -0.25) is 4.99 Å². The zero-order valence-electron chi connectivity index (χ0n) is 12.1. The van der Waals surface area contributed by atoms with E-state index in [0.717, 1.165) is 24.7 Å². The van der Waals surface area contributed by atoms with Crippen LogP contribution in [-0.2, 0) is 5.75 Å². The SMILES string of the molecule is Cc1ccc2c(c1)C(C1=NCCN1)c1ccccc1CS2. The van der Waals surface area contributed by atoms with Crippen molar-refractivity contribution in [1.29, 1.82) is 0 Å². The number of thioether (sulfide) groups is 1. The van der Waals surface area contributed by atoms with Crippen molar-refractivity contribution in [1.82, 2.24) is 5.32 Å². The topological polar surface area (TPSA) is 24.4 Å². The molecular weight excluding hydrogens is 276 g/mol. The number of aryl methyl sites for hydroxylation is 1. The minimum Gasteiger partial charge on any atom is -0.371 e. The summed E-state index contributed by atoms with van der Waals surface area (Å²) in [5.74, 6) is 2.43. The zero-order valence-corrected chi connectivity index (χ0v) is 12.9. The van der Waals surface area contributed by atoms with Gasteiger partial charge in [0.2, 0.25) is 0 Å². The molecule has 2 aliphatic rings. The summed E-state index contributed by atoms with van der Waals surface area (Å²) in [5, 5.41) is 3.50. The van der Waals surface area contributed by atoms with E-state index in [0.29, 0.717) is 0 Å². The molecule has 2 aliphatic heterocycles. The molecule has 2 aromatic carbocycles. The fraction of sp³-hybridized carbons (Fsp3) is 0.278. The first-order chi connectivity index (χ1) is 10.3. The fourth-order valence-corrected chi connectivity index (χ4v) is 4.28. The molecule has 21 heavy (non-hydrogen) atoms. The lowest BCUT2D eigenvalue weighted by atomic mass is 9.87. The molecule has 0 aromatic heterocycles. The maximum absolute atomic E-state index is 4.72. The molecule has 2 nitrogen and oxygen atoms in total. The Hall–Kier alpha value is -1.74. The minimum atomic E-state index is 0.258. The number of rotatable bonds is 1. The zero-order chi connectivity index (χ0) is 14.2. The normalized spacial score (nSPS) is 20.0. The molecule has 0 radical (unpaired) electrons. The summed E-state index contributed by atoms with van der Waals surface area (Å²) >= 11 is 1.94. The third-order valence-electron chi connectivity index (χ3n) is 4.20. The number of nitrogens with one attached hydrogen (secondary N) is 1. The van der Waals surface area contributed by atoms with Crippen LogP contribution in [0.4, 0.5) is 0 Å². The summed E-state index contributed by atoms with van der Waals surface area (Å²) in [5.41, 5.74) is 5.55. The Morgan fingerprint density at radius 1 is 1.14 bits per heavy atom. The van der Waals surface area contributed by atoms with E-state index in [9.17, 15) is 0 Å². The predicted molar refractivity (Wildman–Crippen MR) is 89.3 cm³/mol. The van der Waals surface area contributed by atoms with Gasteiger partial charge in [0.15, 0.2) is 0 Å². The van der Waals surface area contributed by atoms with Crippen LogP contribution in [0.5, 0.6) is 0 Å². The van der Waals surface area contributed by atoms with E-state index in [1.165, 1.54) is 27.1 Å². The summed E-state index contributed by atoms with van der Waals surface area (Å²) in [4.78, 5) is 6.11. The molecule has 0 saturated heterocycles. The van der Waals surface area contributed by atoms with Gasteiger partial charge in [0, 0.05) is 17.2 Å². The van der Waals surface area contributed by atoms with Crippen molar-refractivity contribution in [3.05, 3.63) is 64.7 Å². The fourth-order valence-electron chi connectivity index (χ4n) is 3.20. The largest absolute Gasteiger partial charge is 0.371 e. The number of hydrogen-bond donors (Lipinski definition) is 1. The molecule has 1 unspecified atom stereocenters. The molecule has 3 heteroatoms. The second kappa shape index (κ2) is 5.23. The predicted octanol–water partition coefficient (Wildman–Crippen LogP) is 3.73. The number of aliphatic imine (C=N–C) groups is 1. The summed E-state index contributed by atoms with van der Waals surface area (Å²) in [6.07, 6.45) is 0. The Bertz CT molecular complexity index is 721. The third-order valence-corrected chi connectivity index (χ3v) is 5.34. The summed E-state index contributed by atoms with van der Waals surface area (Å²) < 4.78 is 0. The van der Waals surface area contributed by atoms with Gasteiger partial charge in [0.25, 0.3) is 0 Å². The lowest BCUT2D eigenvalue weighted by molar-refractivity contribution is 0.925. The Morgan fingerprint density at radius 2 is 2.05 bits per heavy atom. The van der Waals surface area contributed by atoms with Crippen molar-refractivity contribution in [3.8, 4) is 0 Å². The van der Waals surface area contributed by atoms with Crippen LogP contribution < -0.4 is 5.32 Å². The molecule has 0 bridgehead atoms. The van der Waals surface area contributed by atoms with E-state index in [1.54, 1.807) is 0 Å². The van der Waals surface area contributed by atoms with Gasteiger partial charge in [-0.15, -0.1) is 11.8 Å². The van der Waals surface area contributed by atoms with Crippen LogP contribution in [0.15, 0.2) is 52.4 Å². The van der Waals surface area contributed by atoms with Crippen molar-refractivity contribution >= 4 is 17.6 Å². The molecule has 1 atom stereocenters. The smallest absolute Gasteiger partial charge is 0.109 e. The molecule has 2 heterocycles. The van der Waals surface area contributed by atoms with E-state index in [-0.39, 0.29) is 5.92 Å². The number of amidine groups is 1. The quantitative estimate of drug-likeness (QED) is 0.866.